The van der Waals surface area contributed by atoms with Gasteiger partial charge in [0.2, 0.25) is 0 Å². The summed E-state index contributed by atoms with van der Waals surface area (Å²) < 4.78 is 10.9. The van der Waals surface area contributed by atoms with Gasteiger partial charge in [0.1, 0.15) is 0 Å². The largest absolute Gasteiger partial charge is 0.472 e. The van der Waals surface area contributed by atoms with Crippen molar-refractivity contribution in [2.24, 2.45) is 0 Å². The number of fused-ring (bicyclic) bond motifs is 1. The molecule has 4 rings (SSSR count). The Bertz CT molecular complexity index is 939. The molecule has 0 bridgehead atoms. The number of nitrogens with one attached hydrogen (secondary N) is 1. The van der Waals surface area contributed by atoms with Crippen LogP contribution in [-0.2, 0) is 9.53 Å². The van der Waals surface area contributed by atoms with Gasteiger partial charge >= 0.3 is 0 Å². The van der Waals surface area contributed by atoms with Crippen LogP contribution in [0.4, 0.5) is 0 Å². The summed E-state index contributed by atoms with van der Waals surface area (Å²) in [6.07, 6.45) is 1.98. The van der Waals surface area contributed by atoms with Gasteiger partial charge in [0.25, 0.3) is 5.91 Å². The quantitative estimate of drug-likeness (QED) is 0.649. The van der Waals surface area contributed by atoms with Crippen LogP contribution < -0.4 is 5.32 Å². The molecular weight excluding hydrogens is 378 g/mol. The SMILES string of the molecule is O=C1NC(c2ccc(Cl)cc2)c2ccccc2C1OCCC(O)c1ccoc1. The monoisotopic (exact) mass is 397 g/mol. The summed E-state index contributed by atoms with van der Waals surface area (Å²) in [5, 5.41) is 13.9. The molecule has 3 unspecified atom stereocenters. The second kappa shape index (κ2) is 8.19. The van der Waals surface area contributed by atoms with Gasteiger partial charge < -0.3 is 19.6 Å². The zero-order valence-electron chi connectivity index (χ0n) is 15.0. The van der Waals surface area contributed by atoms with Crippen LogP contribution in [0.25, 0.3) is 0 Å². The number of aliphatic hydroxyl groups is 1. The smallest absolute Gasteiger partial charge is 0.254 e. The highest BCUT2D eigenvalue weighted by Gasteiger charge is 2.34. The molecule has 6 heteroatoms. The van der Waals surface area contributed by atoms with E-state index < -0.39 is 12.2 Å². The van der Waals surface area contributed by atoms with Crippen molar-refractivity contribution in [1.82, 2.24) is 5.32 Å². The van der Waals surface area contributed by atoms with Crippen molar-refractivity contribution in [3.05, 3.63) is 94.4 Å². The summed E-state index contributed by atoms with van der Waals surface area (Å²) in [6.45, 7) is 0.240. The third kappa shape index (κ3) is 3.83. The normalized spacial score (nSPS) is 19.7. The lowest BCUT2D eigenvalue weighted by Gasteiger charge is -2.32. The number of furan rings is 1. The topological polar surface area (TPSA) is 71.7 Å². The first-order valence-electron chi connectivity index (χ1n) is 9.10. The minimum Gasteiger partial charge on any atom is -0.472 e. The molecule has 1 aliphatic heterocycles. The van der Waals surface area contributed by atoms with Crippen molar-refractivity contribution in [2.75, 3.05) is 6.61 Å². The van der Waals surface area contributed by atoms with Crippen molar-refractivity contribution in [2.45, 2.75) is 24.7 Å². The second-order valence-corrected chi connectivity index (χ2v) is 7.17. The lowest BCUT2D eigenvalue weighted by molar-refractivity contribution is -0.135. The zero-order chi connectivity index (χ0) is 19.5. The summed E-state index contributed by atoms with van der Waals surface area (Å²) in [6, 6.07) is 16.6. The molecule has 0 saturated carbocycles. The van der Waals surface area contributed by atoms with Gasteiger partial charge in [-0.05, 0) is 34.9 Å². The van der Waals surface area contributed by atoms with Crippen LogP contribution in [0.1, 0.15) is 46.9 Å². The van der Waals surface area contributed by atoms with Gasteiger partial charge in [0.15, 0.2) is 6.10 Å². The summed E-state index contributed by atoms with van der Waals surface area (Å²) in [5.74, 6) is -0.198. The van der Waals surface area contributed by atoms with E-state index in [1.807, 2.05) is 48.5 Å². The van der Waals surface area contributed by atoms with Crippen LogP contribution in [0.3, 0.4) is 0 Å². The highest BCUT2D eigenvalue weighted by Crippen LogP contribution is 2.35. The van der Waals surface area contributed by atoms with Gasteiger partial charge in [-0.25, -0.2) is 0 Å². The van der Waals surface area contributed by atoms with Gasteiger partial charge in [-0.1, -0.05) is 48.0 Å². The van der Waals surface area contributed by atoms with Crippen molar-refractivity contribution in [3.63, 3.8) is 0 Å². The van der Waals surface area contributed by atoms with Crippen LogP contribution in [0.15, 0.2) is 71.5 Å². The predicted octanol–water partition coefficient (Wildman–Crippen LogP) is 4.33. The van der Waals surface area contributed by atoms with Gasteiger partial charge in [-0.2, -0.15) is 0 Å². The van der Waals surface area contributed by atoms with E-state index in [0.29, 0.717) is 17.0 Å². The fraction of sp³-hybridized carbons (Fsp3) is 0.227. The first-order chi connectivity index (χ1) is 13.6. The van der Waals surface area contributed by atoms with E-state index in [4.69, 9.17) is 20.8 Å². The zero-order valence-corrected chi connectivity index (χ0v) is 15.8. The molecule has 0 fully saturated rings. The number of carbonyl (C=O) groups is 1. The molecule has 2 heterocycles. The third-order valence-corrected chi connectivity index (χ3v) is 5.17. The number of hydrogen-bond acceptors (Lipinski definition) is 4. The van der Waals surface area contributed by atoms with Crippen LogP contribution >= 0.6 is 11.6 Å². The number of amides is 1. The highest BCUT2D eigenvalue weighted by atomic mass is 35.5. The number of aliphatic hydroxyl groups excluding tert-OH is 1. The molecule has 0 radical (unpaired) electrons. The Hall–Kier alpha value is -2.60. The van der Waals surface area contributed by atoms with Crippen molar-refractivity contribution >= 4 is 17.5 Å². The maximum Gasteiger partial charge on any atom is 0.254 e. The predicted molar refractivity (Wildman–Crippen MR) is 105 cm³/mol. The fourth-order valence-corrected chi connectivity index (χ4v) is 3.59. The lowest BCUT2D eigenvalue weighted by atomic mass is 9.88. The first kappa shape index (κ1) is 18.7. The molecular formula is C22H20ClNO4. The van der Waals surface area contributed by atoms with Crippen molar-refractivity contribution in [1.29, 1.82) is 0 Å². The van der Waals surface area contributed by atoms with Crippen LogP contribution in [0, 0.1) is 0 Å². The Balaban J connectivity index is 1.51. The van der Waals surface area contributed by atoms with Gasteiger partial charge in [-0.3, -0.25) is 4.79 Å². The third-order valence-electron chi connectivity index (χ3n) is 4.92. The fourth-order valence-electron chi connectivity index (χ4n) is 3.46. The van der Waals surface area contributed by atoms with E-state index in [2.05, 4.69) is 5.32 Å². The summed E-state index contributed by atoms with van der Waals surface area (Å²) >= 11 is 5.99. The van der Waals surface area contributed by atoms with E-state index in [-0.39, 0.29) is 18.6 Å². The van der Waals surface area contributed by atoms with Gasteiger partial charge in [0, 0.05) is 17.0 Å². The molecule has 0 aliphatic carbocycles. The lowest BCUT2D eigenvalue weighted by Crippen LogP contribution is -2.40. The molecule has 3 atom stereocenters. The molecule has 2 N–H and O–H groups in total. The summed E-state index contributed by atoms with van der Waals surface area (Å²) in [5.41, 5.74) is 3.48. The number of rotatable bonds is 6. The minimum absolute atomic E-state index is 0.198. The molecule has 2 aromatic carbocycles. The molecule has 1 aliphatic rings. The number of halogens is 1. The average Bonchev–Trinajstić information content (AvgIpc) is 3.25. The number of hydrogen-bond donors (Lipinski definition) is 2. The molecule has 3 aromatic rings. The molecule has 1 aromatic heterocycles. The highest BCUT2D eigenvalue weighted by molar-refractivity contribution is 6.30. The Morgan fingerprint density at radius 2 is 1.86 bits per heavy atom. The molecule has 28 heavy (non-hydrogen) atoms. The Morgan fingerprint density at radius 3 is 2.57 bits per heavy atom. The van der Waals surface area contributed by atoms with E-state index in [1.165, 1.54) is 12.5 Å². The Morgan fingerprint density at radius 1 is 1.11 bits per heavy atom. The number of carbonyl (C=O) groups excluding carboxylic acids is 1. The molecule has 144 valence electrons. The van der Waals surface area contributed by atoms with Crippen LogP contribution in [0.2, 0.25) is 5.02 Å². The molecule has 0 spiro atoms. The van der Waals surface area contributed by atoms with E-state index in [0.717, 1.165) is 16.7 Å². The first-order valence-corrected chi connectivity index (χ1v) is 9.47. The second-order valence-electron chi connectivity index (χ2n) is 6.73. The Kier molecular flexibility index (Phi) is 5.48. The number of ether oxygens (including phenoxy) is 1. The maximum absolute atomic E-state index is 12.8. The van der Waals surface area contributed by atoms with Crippen molar-refractivity contribution in [3.8, 4) is 0 Å². The summed E-state index contributed by atoms with van der Waals surface area (Å²) in [7, 11) is 0. The summed E-state index contributed by atoms with van der Waals surface area (Å²) in [4.78, 5) is 12.8. The Labute approximate surface area is 167 Å². The average molecular weight is 398 g/mol. The standard InChI is InChI=1S/C22H20ClNO4/c23-16-7-5-14(6-8-16)20-17-3-1-2-4-18(17)21(22(26)24-20)28-12-10-19(25)15-9-11-27-13-15/h1-9,11,13,19-21,25H,10,12H2,(H,24,26). The molecule has 0 saturated heterocycles. The van der Waals surface area contributed by atoms with E-state index in [1.54, 1.807) is 6.07 Å². The minimum atomic E-state index is -0.712. The van der Waals surface area contributed by atoms with E-state index >= 15 is 0 Å². The number of benzene rings is 2. The molecule has 1 amide bonds. The van der Waals surface area contributed by atoms with Gasteiger partial charge in [0.05, 0.1) is 31.3 Å². The van der Waals surface area contributed by atoms with Crippen LogP contribution in [-0.4, -0.2) is 17.6 Å². The van der Waals surface area contributed by atoms with Gasteiger partial charge in [-0.15, -0.1) is 0 Å². The van der Waals surface area contributed by atoms with Crippen molar-refractivity contribution < 1.29 is 19.1 Å². The molecule has 5 nitrogen and oxygen atoms in total. The van der Waals surface area contributed by atoms with E-state index in [9.17, 15) is 9.90 Å². The maximum atomic E-state index is 12.8. The van der Waals surface area contributed by atoms with Crippen LogP contribution in [0.5, 0.6) is 0 Å².